The number of nitrogens with zero attached hydrogens (tertiary/aromatic N) is 1. The zero-order valence-corrected chi connectivity index (χ0v) is 15.5. The van der Waals surface area contributed by atoms with Crippen LogP contribution in [0.2, 0.25) is 0 Å². The smallest absolute Gasteiger partial charge is 0.336 e. The number of hydrogen-bond donors (Lipinski definition) is 4. The van der Waals surface area contributed by atoms with Crippen LogP contribution in [0.5, 0.6) is 0 Å². The molecule has 29 heavy (non-hydrogen) atoms. The molecule has 1 heterocycles. The predicted octanol–water partition coefficient (Wildman–Crippen LogP) is 2.60. The number of carboxylic acids is 1. The summed E-state index contributed by atoms with van der Waals surface area (Å²) in [5.74, 6) is -1.33. The number of aromatic carboxylic acids is 1. The van der Waals surface area contributed by atoms with Gasteiger partial charge in [0.2, 0.25) is 0 Å². The molecule has 2 unspecified atom stereocenters. The van der Waals surface area contributed by atoms with Gasteiger partial charge in [0.25, 0.3) is 5.91 Å². The standard InChI is InChI=1S/C22H20N4O3/c27-21(26-23-13-17-7-3-4-8-18(17)22(28)29)20-12-19(24-25-20)16-10-9-14-5-1-2-6-15(14)11-16/h1-11,13,19-20,24-25H,12H2,(H,26,27)(H,28,29)/b23-13+. The second-order valence-corrected chi connectivity index (χ2v) is 6.86. The fraction of sp³-hybridized carbons (Fsp3) is 0.136. The number of nitrogens with one attached hydrogen (secondary N) is 3. The van der Waals surface area contributed by atoms with E-state index in [1.807, 2.05) is 12.1 Å². The molecular weight excluding hydrogens is 368 g/mol. The largest absolute Gasteiger partial charge is 0.478 e. The number of benzene rings is 3. The first kappa shape index (κ1) is 18.8. The van der Waals surface area contributed by atoms with Crippen LogP contribution in [0.15, 0.2) is 71.8 Å². The maximum Gasteiger partial charge on any atom is 0.336 e. The molecule has 2 atom stereocenters. The summed E-state index contributed by atoms with van der Waals surface area (Å²) in [6, 6.07) is 20.4. The lowest BCUT2D eigenvalue weighted by atomic mass is 9.99. The zero-order chi connectivity index (χ0) is 20.2. The summed E-state index contributed by atoms with van der Waals surface area (Å²) in [7, 11) is 0. The van der Waals surface area contributed by atoms with E-state index >= 15 is 0 Å². The minimum absolute atomic E-state index is 0.00655. The van der Waals surface area contributed by atoms with Crippen molar-refractivity contribution in [1.82, 2.24) is 16.3 Å². The highest BCUT2D eigenvalue weighted by atomic mass is 16.4. The van der Waals surface area contributed by atoms with Gasteiger partial charge in [0.1, 0.15) is 6.04 Å². The van der Waals surface area contributed by atoms with Crippen molar-refractivity contribution in [3.05, 3.63) is 83.4 Å². The summed E-state index contributed by atoms with van der Waals surface area (Å²) in [5, 5.41) is 15.4. The molecule has 3 aromatic carbocycles. The molecule has 0 spiro atoms. The van der Waals surface area contributed by atoms with Gasteiger partial charge in [-0.3, -0.25) is 4.79 Å². The van der Waals surface area contributed by atoms with Gasteiger partial charge in [-0.1, -0.05) is 54.6 Å². The Bertz CT molecular complexity index is 1100. The summed E-state index contributed by atoms with van der Waals surface area (Å²) < 4.78 is 0. The van der Waals surface area contributed by atoms with Crippen molar-refractivity contribution in [1.29, 1.82) is 0 Å². The molecule has 146 valence electrons. The van der Waals surface area contributed by atoms with E-state index in [1.165, 1.54) is 17.7 Å². The van der Waals surface area contributed by atoms with Crippen LogP contribution in [-0.4, -0.2) is 29.2 Å². The van der Waals surface area contributed by atoms with Crippen LogP contribution < -0.4 is 16.3 Å². The Morgan fingerprint density at radius 3 is 2.59 bits per heavy atom. The maximum absolute atomic E-state index is 12.4. The van der Waals surface area contributed by atoms with E-state index in [-0.39, 0.29) is 17.5 Å². The SMILES string of the molecule is O=C(O)c1ccccc1/C=N/NC(=O)C1CC(c2ccc3ccccc3c2)NN1. The summed E-state index contributed by atoms with van der Waals surface area (Å²) in [5.41, 5.74) is 10.3. The number of fused-ring (bicyclic) bond motifs is 1. The highest BCUT2D eigenvalue weighted by Crippen LogP contribution is 2.25. The number of carbonyl (C=O) groups is 2. The summed E-state index contributed by atoms with van der Waals surface area (Å²) >= 11 is 0. The maximum atomic E-state index is 12.4. The Hall–Kier alpha value is -3.55. The van der Waals surface area contributed by atoms with E-state index in [9.17, 15) is 14.7 Å². The number of hydrazone groups is 1. The molecule has 4 N–H and O–H groups in total. The number of rotatable bonds is 5. The van der Waals surface area contributed by atoms with Crippen molar-refractivity contribution in [2.75, 3.05) is 0 Å². The summed E-state index contributed by atoms with van der Waals surface area (Å²) in [4.78, 5) is 23.6. The second kappa shape index (κ2) is 8.22. The van der Waals surface area contributed by atoms with Gasteiger partial charge >= 0.3 is 5.97 Å². The van der Waals surface area contributed by atoms with Gasteiger partial charge in [0.15, 0.2) is 0 Å². The average molecular weight is 388 g/mol. The molecule has 0 aromatic heterocycles. The minimum atomic E-state index is -1.04. The fourth-order valence-electron chi connectivity index (χ4n) is 3.42. The molecule has 1 fully saturated rings. The Labute approximate surface area is 167 Å². The molecule has 0 radical (unpaired) electrons. The van der Waals surface area contributed by atoms with Crippen molar-refractivity contribution in [3.8, 4) is 0 Å². The highest BCUT2D eigenvalue weighted by Gasteiger charge is 2.30. The van der Waals surface area contributed by atoms with E-state index < -0.39 is 12.0 Å². The van der Waals surface area contributed by atoms with Crippen LogP contribution in [-0.2, 0) is 4.79 Å². The molecule has 0 bridgehead atoms. The van der Waals surface area contributed by atoms with Gasteiger partial charge in [-0.05, 0) is 34.9 Å². The molecule has 4 rings (SSSR count). The Morgan fingerprint density at radius 1 is 1.00 bits per heavy atom. The van der Waals surface area contributed by atoms with E-state index in [1.54, 1.807) is 18.2 Å². The third kappa shape index (κ3) is 4.16. The van der Waals surface area contributed by atoms with Crippen molar-refractivity contribution in [2.45, 2.75) is 18.5 Å². The van der Waals surface area contributed by atoms with Gasteiger partial charge in [-0.2, -0.15) is 5.10 Å². The number of carbonyl (C=O) groups excluding carboxylic acids is 1. The van der Waals surface area contributed by atoms with E-state index in [0.717, 1.165) is 10.9 Å². The van der Waals surface area contributed by atoms with Crippen LogP contribution in [0.3, 0.4) is 0 Å². The van der Waals surface area contributed by atoms with Crippen LogP contribution >= 0.6 is 0 Å². The quantitative estimate of drug-likeness (QED) is 0.397. The topological polar surface area (TPSA) is 103 Å². The Balaban J connectivity index is 1.39. The van der Waals surface area contributed by atoms with Gasteiger partial charge in [-0.25, -0.2) is 21.1 Å². The first-order valence-corrected chi connectivity index (χ1v) is 9.27. The summed E-state index contributed by atoms with van der Waals surface area (Å²) in [6.07, 6.45) is 1.91. The lowest BCUT2D eigenvalue weighted by molar-refractivity contribution is -0.122. The lowest BCUT2D eigenvalue weighted by Crippen LogP contribution is -2.41. The van der Waals surface area contributed by atoms with Gasteiger partial charge in [-0.15, -0.1) is 0 Å². The zero-order valence-electron chi connectivity index (χ0n) is 15.5. The minimum Gasteiger partial charge on any atom is -0.478 e. The molecule has 0 saturated carbocycles. The van der Waals surface area contributed by atoms with Crippen molar-refractivity contribution < 1.29 is 14.7 Å². The Morgan fingerprint density at radius 2 is 1.76 bits per heavy atom. The van der Waals surface area contributed by atoms with Crippen LogP contribution in [0.25, 0.3) is 10.8 Å². The number of hydrogen-bond acceptors (Lipinski definition) is 5. The molecule has 1 amide bonds. The number of carboxylic acid groups (broad SMARTS) is 1. The van der Waals surface area contributed by atoms with E-state index in [4.69, 9.17) is 0 Å². The van der Waals surface area contributed by atoms with E-state index in [2.05, 4.69) is 51.7 Å². The van der Waals surface area contributed by atoms with E-state index in [0.29, 0.717) is 12.0 Å². The number of amides is 1. The van der Waals surface area contributed by atoms with Crippen LogP contribution in [0.1, 0.15) is 33.9 Å². The predicted molar refractivity (Wildman–Crippen MR) is 111 cm³/mol. The van der Waals surface area contributed by atoms with Crippen LogP contribution in [0, 0.1) is 0 Å². The van der Waals surface area contributed by atoms with Crippen molar-refractivity contribution in [3.63, 3.8) is 0 Å². The second-order valence-electron chi connectivity index (χ2n) is 6.86. The van der Waals surface area contributed by atoms with Crippen molar-refractivity contribution >= 4 is 28.9 Å². The van der Waals surface area contributed by atoms with Crippen LogP contribution in [0.4, 0.5) is 0 Å². The molecule has 1 aliphatic rings. The molecule has 7 nitrogen and oxygen atoms in total. The molecule has 0 aliphatic carbocycles. The third-order valence-corrected chi connectivity index (χ3v) is 4.97. The Kier molecular flexibility index (Phi) is 5.33. The first-order chi connectivity index (χ1) is 14.1. The highest BCUT2D eigenvalue weighted by molar-refractivity contribution is 5.98. The molecule has 7 heteroatoms. The monoisotopic (exact) mass is 388 g/mol. The third-order valence-electron chi connectivity index (χ3n) is 4.97. The molecular formula is C22H20N4O3. The molecule has 1 aliphatic heterocycles. The number of hydrazine groups is 1. The average Bonchev–Trinajstić information content (AvgIpc) is 3.24. The fourth-order valence-corrected chi connectivity index (χ4v) is 3.42. The van der Waals surface area contributed by atoms with Gasteiger partial charge < -0.3 is 5.11 Å². The molecule has 3 aromatic rings. The van der Waals surface area contributed by atoms with Gasteiger partial charge in [0, 0.05) is 11.6 Å². The molecule has 1 saturated heterocycles. The summed E-state index contributed by atoms with van der Waals surface area (Å²) in [6.45, 7) is 0. The lowest BCUT2D eigenvalue weighted by Gasteiger charge is -2.10. The van der Waals surface area contributed by atoms with Crippen molar-refractivity contribution in [2.24, 2.45) is 5.10 Å². The van der Waals surface area contributed by atoms with Gasteiger partial charge in [0.05, 0.1) is 11.8 Å². The first-order valence-electron chi connectivity index (χ1n) is 9.27. The normalized spacial score (nSPS) is 18.9.